The van der Waals surface area contributed by atoms with Crippen LogP contribution in [-0.4, -0.2) is 47.2 Å². The number of thiocarbonyl (C=S) groups is 1. The molecule has 1 aliphatic rings. The van der Waals surface area contributed by atoms with Crippen LogP contribution in [0.25, 0.3) is 0 Å². The molecular formula is C13H13BrN4O2S2. The van der Waals surface area contributed by atoms with Crippen LogP contribution in [0.2, 0.25) is 0 Å². The first-order chi connectivity index (χ1) is 10.5. The fraction of sp³-hybridized carbons (Fsp3) is 0.231. The van der Waals surface area contributed by atoms with Crippen molar-refractivity contribution in [2.24, 2.45) is 10.2 Å². The number of benzene rings is 1. The van der Waals surface area contributed by atoms with E-state index in [-0.39, 0.29) is 5.91 Å². The fourth-order valence-electron chi connectivity index (χ4n) is 1.41. The summed E-state index contributed by atoms with van der Waals surface area (Å²) in [6.07, 6.45) is 1.55. The predicted octanol–water partition coefficient (Wildman–Crippen LogP) is 2.23. The number of nitrogens with one attached hydrogen (secondary N) is 1. The van der Waals surface area contributed by atoms with E-state index >= 15 is 0 Å². The zero-order valence-electron chi connectivity index (χ0n) is 11.9. The lowest BCUT2D eigenvalue weighted by atomic mass is 10.2. The maximum atomic E-state index is 11.1. The third kappa shape index (κ3) is 4.79. The van der Waals surface area contributed by atoms with Crippen molar-refractivity contribution in [3.8, 4) is 5.75 Å². The first-order valence-electron chi connectivity index (χ1n) is 6.18. The normalized spacial score (nSPS) is 16.1. The van der Waals surface area contributed by atoms with Crippen LogP contribution in [-0.2, 0) is 4.79 Å². The summed E-state index contributed by atoms with van der Waals surface area (Å²) in [5.41, 5.74) is 0.728. The first-order valence-corrected chi connectivity index (χ1v) is 8.37. The van der Waals surface area contributed by atoms with Gasteiger partial charge in [-0.3, -0.25) is 4.79 Å². The van der Waals surface area contributed by atoms with Crippen molar-refractivity contribution in [3.63, 3.8) is 0 Å². The average Bonchev–Trinajstić information content (AvgIpc) is 2.86. The van der Waals surface area contributed by atoms with Gasteiger partial charge in [0.15, 0.2) is 5.17 Å². The summed E-state index contributed by atoms with van der Waals surface area (Å²) >= 11 is 9.85. The van der Waals surface area contributed by atoms with Crippen LogP contribution in [0.5, 0.6) is 5.75 Å². The molecule has 1 amide bonds. The van der Waals surface area contributed by atoms with Crippen molar-refractivity contribution in [1.82, 2.24) is 10.2 Å². The van der Waals surface area contributed by atoms with Crippen LogP contribution in [0.4, 0.5) is 0 Å². The third-order valence-electron chi connectivity index (χ3n) is 2.47. The Kier molecular flexibility index (Phi) is 5.92. The van der Waals surface area contributed by atoms with Gasteiger partial charge in [-0.2, -0.15) is 5.10 Å². The van der Waals surface area contributed by atoms with Gasteiger partial charge in [0.05, 0.1) is 12.0 Å². The maximum absolute atomic E-state index is 11.1. The molecule has 0 radical (unpaired) electrons. The summed E-state index contributed by atoms with van der Waals surface area (Å²) < 4.78 is 6.51. The van der Waals surface area contributed by atoms with Crippen LogP contribution in [0.15, 0.2) is 32.9 Å². The van der Waals surface area contributed by atoms with E-state index in [2.05, 4.69) is 31.4 Å². The first kappa shape index (κ1) is 16.9. The quantitative estimate of drug-likeness (QED) is 0.478. The number of hydrogen-bond acceptors (Lipinski definition) is 6. The molecule has 0 aliphatic carbocycles. The predicted molar refractivity (Wildman–Crippen MR) is 96.7 cm³/mol. The summed E-state index contributed by atoms with van der Waals surface area (Å²) in [6.45, 7) is 0. The Bertz CT molecular complexity index is 661. The standard InChI is InChI=1S/C13H13BrN4O2S2/c1-18(2)13(21)20-10-5-9(14)4-3-8(10)6-15-17-12-16-11(19)7-22-12/h3-6H,7H2,1-2H3,(H,16,17,19). The molecule has 1 aromatic rings. The molecule has 0 saturated carbocycles. The number of rotatable bonds is 3. The van der Waals surface area contributed by atoms with Gasteiger partial charge in [-0.25, -0.2) is 0 Å². The smallest absolute Gasteiger partial charge is 0.264 e. The lowest BCUT2D eigenvalue weighted by molar-refractivity contribution is -0.116. The van der Waals surface area contributed by atoms with Gasteiger partial charge in [-0.05, 0) is 30.4 Å². The summed E-state index contributed by atoms with van der Waals surface area (Å²) in [7, 11) is 3.61. The van der Waals surface area contributed by atoms with Crippen LogP contribution in [0.1, 0.15) is 5.56 Å². The van der Waals surface area contributed by atoms with Gasteiger partial charge >= 0.3 is 0 Å². The minimum absolute atomic E-state index is 0.0667. The van der Waals surface area contributed by atoms with E-state index in [1.165, 1.54) is 11.8 Å². The molecule has 1 saturated heterocycles. The Balaban J connectivity index is 2.16. The van der Waals surface area contributed by atoms with Gasteiger partial charge in [0, 0.05) is 24.1 Å². The van der Waals surface area contributed by atoms with E-state index in [1.807, 2.05) is 12.1 Å². The third-order valence-corrected chi connectivity index (χ3v) is 4.28. The Morgan fingerprint density at radius 3 is 2.95 bits per heavy atom. The van der Waals surface area contributed by atoms with E-state index in [1.54, 1.807) is 31.3 Å². The lowest BCUT2D eigenvalue weighted by Gasteiger charge is -2.15. The Labute approximate surface area is 146 Å². The number of carbonyl (C=O) groups is 1. The molecule has 1 fully saturated rings. The molecule has 0 bridgehead atoms. The van der Waals surface area contributed by atoms with Crippen LogP contribution in [0.3, 0.4) is 0 Å². The van der Waals surface area contributed by atoms with E-state index in [0.29, 0.717) is 21.8 Å². The molecule has 0 atom stereocenters. The highest BCUT2D eigenvalue weighted by Gasteiger charge is 2.16. The summed E-state index contributed by atoms with van der Waals surface area (Å²) in [5.74, 6) is 0.876. The SMILES string of the molecule is CN(C)C(=S)Oc1cc(Br)ccc1C=NN=C1NC(=O)CS1. The Hall–Kier alpha value is -1.45. The van der Waals surface area contributed by atoms with Gasteiger partial charge in [0.1, 0.15) is 5.75 Å². The van der Waals surface area contributed by atoms with Gasteiger partial charge in [0.2, 0.25) is 5.91 Å². The van der Waals surface area contributed by atoms with Crippen LogP contribution >= 0.6 is 39.9 Å². The minimum Gasteiger partial charge on any atom is -0.431 e. The molecule has 1 aliphatic heterocycles. The van der Waals surface area contributed by atoms with Crippen molar-refractivity contribution in [3.05, 3.63) is 28.2 Å². The molecule has 6 nitrogen and oxygen atoms in total. The molecule has 1 N–H and O–H groups in total. The Morgan fingerprint density at radius 2 is 2.32 bits per heavy atom. The highest BCUT2D eigenvalue weighted by atomic mass is 79.9. The lowest BCUT2D eigenvalue weighted by Crippen LogP contribution is -2.25. The van der Waals surface area contributed by atoms with Crippen LogP contribution in [0, 0.1) is 0 Å². The number of amides is 1. The average molecular weight is 401 g/mol. The summed E-state index contributed by atoms with van der Waals surface area (Å²) in [6, 6.07) is 5.50. The van der Waals surface area contributed by atoms with Gasteiger partial charge in [-0.1, -0.05) is 27.7 Å². The molecule has 0 unspecified atom stereocenters. The van der Waals surface area contributed by atoms with Gasteiger partial charge in [0.25, 0.3) is 5.17 Å². The molecule has 9 heteroatoms. The number of ether oxygens (including phenoxy) is 1. The summed E-state index contributed by atoms with van der Waals surface area (Å²) in [5, 5.41) is 11.4. The highest BCUT2D eigenvalue weighted by Crippen LogP contribution is 2.23. The van der Waals surface area contributed by atoms with Crippen molar-refractivity contribution >= 4 is 62.4 Å². The number of hydrogen-bond donors (Lipinski definition) is 1. The van der Waals surface area contributed by atoms with Gasteiger partial charge < -0.3 is 15.0 Å². The van der Waals surface area contributed by atoms with Crippen molar-refractivity contribution in [2.75, 3.05) is 19.8 Å². The van der Waals surface area contributed by atoms with Crippen molar-refractivity contribution in [2.45, 2.75) is 0 Å². The second kappa shape index (κ2) is 7.70. The van der Waals surface area contributed by atoms with Gasteiger partial charge in [-0.15, -0.1) is 5.10 Å². The topological polar surface area (TPSA) is 66.3 Å². The zero-order chi connectivity index (χ0) is 16.1. The molecule has 116 valence electrons. The maximum Gasteiger partial charge on any atom is 0.264 e. The van der Waals surface area contributed by atoms with Crippen molar-refractivity contribution in [1.29, 1.82) is 0 Å². The molecule has 0 spiro atoms. The van der Waals surface area contributed by atoms with E-state index in [0.717, 1.165) is 10.0 Å². The molecule has 1 heterocycles. The molecule has 22 heavy (non-hydrogen) atoms. The van der Waals surface area contributed by atoms with Crippen molar-refractivity contribution < 1.29 is 9.53 Å². The fourth-order valence-corrected chi connectivity index (χ4v) is 2.47. The van der Waals surface area contributed by atoms with E-state index < -0.39 is 0 Å². The zero-order valence-corrected chi connectivity index (χ0v) is 15.1. The van der Waals surface area contributed by atoms with Crippen LogP contribution < -0.4 is 10.1 Å². The second-order valence-electron chi connectivity index (χ2n) is 4.43. The molecular weight excluding hydrogens is 388 g/mol. The second-order valence-corrected chi connectivity index (χ2v) is 6.66. The number of carbonyl (C=O) groups excluding carboxylic acids is 1. The highest BCUT2D eigenvalue weighted by molar-refractivity contribution is 9.10. The Morgan fingerprint density at radius 1 is 1.55 bits per heavy atom. The van der Waals surface area contributed by atoms with E-state index in [9.17, 15) is 4.79 Å². The monoisotopic (exact) mass is 400 g/mol. The minimum atomic E-state index is -0.0667. The number of halogens is 1. The molecule has 1 aromatic carbocycles. The number of thioether (sulfide) groups is 1. The summed E-state index contributed by atoms with van der Waals surface area (Å²) in [4.78, 5) is 12.8. The van der Waals surface area contributed by atoms with E-state index in [4.69, 9.17) is 17.0 Å². The largest absolute Gasteiger partial charge is 0.431 e. The molecule has 0 aromatic heterocycles. The molecule has 2 rings (SSSR count). The number of amidine groups is 1. The number of nitrogens with zero attached hydrogens (tertiary/aromatic N) is 3.